The molecule has 1 heterocycles. The van der Waals surface area contributed by atoms with Crippen LogP contribution in [0.5, 0.6) is 0 Å². The average molecular weight is 445 g/mol. The monoisotopic (exact) mass is 443 g/mol. The molecule has 0 radical (unpaired) electrons. The molecule has 1 saturated heterocycles. The number of alkyl halides is 3. The van der Waals surface area contributed by atoms with E-state index in [0.717, 1.165) is 5.56 Å². The Hall–Kier alpha value is -0.840. The van der Waals surface area contributed by atoms with Crippen LogP contribution in [0.3, 0.4) is 0 Å². The van der Waals surface area contributed by atoms with Gasteiger partial charge in [0.15, 0.2) is 6.29 Å². The Bertz CT molecular complexity index is 601. The third-order valence-corrected chi connectivity index (χ3v) is 4.12. The van der Waals surface area contributed by atoms with E-state index < -0.39 is 53.7 Å². The molecule has 11 heteroatoms. The van der Waals surface area contributed by atoms with Crippen molar-refractivity contribution in [3.8, 4) is 0 Å². The Balaban J connectivity index is 2.04. The third-order valence-electron chi connectivity index (χ3n) is 3.79. The van der Waals surface area contributed by atoms with Gasteiger partial charge in [-0.05, 0) is 5.56 Å². The zero-order valence-corrected chi connectivity index (χ0v) is 16.3. The maximum Gasteiger partial charge on any atom is 0.407 e. The summed E-state index contributed by atoms with van der Waals surface area (Å²) < 4.78 is 14.1. The summed E-state index contributed by atoms with van der Waals surface area (Å²) >= 11 is 16.5. The summed E-state index contributed by atoms with van der Waals surface area (Å²) in [6.07, 6.45) is -6.20. The summed E-state index contributed by atoms with van der Waals surface area (Å²) in [6.45, 7) is -0.966. The van der Waals surface area contributed by atoms with E-state index >= 15 is 0 Å². The van der Waals surface area contributed by atoms with Crippen molar-refractivity contribution in [2.24, 2.45) is 0 Å². The van der Waals surface area contributed by atoms with Crippen LogP contribution in [0.25, 0.3) is 0 Å². The van der Waals surface area contributed by atoms with Crippen molar-refractivity contribution in [1.82, 2.24) is 5.32 Å². The molecule has 1 aliphatic rings. The van der Waals surface area contributed by atoms with Gasteiger partial charge in [-0.15, -0.1) is 0 Å². The van der Waals surface area contributed by atoms with Crippen LogP contribution in [0.15, 0.2) is 30.3 Å². The van der Waals surface area contributed by atoms with Gasteiger partial charge in [0, 0.05) is 0 Å². The largest absolute Gasteiger partial charge is 0.445 e. The molecule has 152 valence electrons. The number of hydrogen-bond donors (Lipinski definition) is 4. The van der Waals surface area contributed by atoms with Crippen LogP contribution in [0.2, 0.25) is 0 Å². The highest BCUT2D eigenvalue weighted by molar-refractivity contribution is 6.67. The maximum absolute atomic E-state index is 11.9. The zero-order valence-electron chi connectivity index (χ0n) is 14.0. The smallest absolute Gasteiger partial charge is 0.407 e. The minimum Gasteiger partial charge on any atom is -0.445 e. The standard InChI is InChI=1S/C16H20Cl3NO7/c17-16(18,19)8-26-15(24)20-11-13(23)12(22)10(6-21)27-14(11)25-7-9-4-2-1-3-5-9/h1-5,10-14,21-23H,6-8H2,(H,20,24)/t10-,11-,12-,13-,14+/m1/s1. The van der Waals surface area contributed by atoms with Gasteiger partial charge in [0.25, 0.3) is 0 Å². The molecule has 5 atom stereocenters. The summed E-state index contributed by atoms with van der Waals surface area (Å²) in [7, 11) is 0. The Morgan fingerprint density at radius 3 is 2.44 bits per heavy atom. The fourth-order valence-electron chi connectivity index (χ4n) is 2.46. The van der Waals surface area contributed by atoms with E-state index in [4.69, 9.17) is 49.0 Å². The number of rotatable bonds is 6. The molecule has 0 aromatic heterocycles. The second kappa shape index (κ2) is 10.1. The Kier molecular flexibility index (Phi) is 8.39. The second-order valence-corrected chi connectivity index (χ2v) is 8.38. The topological polar surface area (TPSA) is 117 Å². The lowest BCUT2D eigenvalue weighted by Crippen LogP contribution is -2.64. The molecule has 0 spiro atoms. The van der Waals surface area contributed by atoms with Crippen LogP contribution in [-0.4, -0.2) is 69.1 Å². The predicted molar refractivity (Wildman–Crippen MR) is 97.6 cm³/mol. The quantitative estimate of drug-likeness (QED) is 0.486. The van der Waals surface area contributed by atoms with Crippen LogP contribution >= 0.6 is 34.8 Å². The lowest BCUT2D eigenvalue weighted by atomic mass is 9.97. The number of aliphatic hydroxyl groups is 3. The normalized spacial score (nSPS) is 28.6. The van der Waals surface area contributed by atoms with E-state index in [1.165, 1.54) is 0 Å². The van der Waals surface area contributed by atoms with Crippen molar-refractivity contribution >= 4 is 40.9 Å². The minimum absolute atomic E-state index is 0.105. The molecule has 0 unspecified atom stereocenters. The van der Waals surface area contributed by atoms with Gasteiger partial charge in [-0.25, -0.2) is 4.79 Å². The van der Waals surface area contributed by atoms with Gasteiger partial charge in [-0.3, -0.25) is 0 Å². The summed E-state index contributed by atoms with van der Waals surface area (Å²) in [5, 5.41) is 32.0. The van der Waals surface area contributed by atoms with Crippen molar-refractivity contribution in [2.75, 3.05) is 13.2 Å². The number of hydrogen-bond acceptors (Lipinski definition) is 7. The second-order valence-electron chi connectivity index (χ2n) is 5.86. The number of ether oxygens (including phenoxy) is 3. The summed E-state index contributed by atoms with van der Waals surface area (Å²) in [5.74, 6) is 0. The lowest BCUT2D eigenvalue weighted by molar-refractivity contribution is -0.273. The third kappa shape index (κ3) is 6.92. The highest BCUT2D eigenvalue weighted by Gasteiger charge is 2.46. The van der Waals surface area contributed by atoms with Gasteiger partial charge >= 0.3 is 6.09 Å². The van der Waals surface area contributed by atoms with Crippen LogP contribution in [0.4, 0.5) is 4.79 Å². The maximum atomic E-state index is 11.9. The molecule has 1 aliphatic heterocycles. The molecule has 1 amide bonds. The van der Waals surface area contributed by atoms with E-state index in [0.29, 0.717) is 0 Å². The van der Waals surface area contributed by atoms with Gasteiger partial charge < -0.3 is 34.8 Å². The fraction of sp³-hybridized carbons (Fsp3) is 0.562. The van der Waals surface area contributed by atoms with E-state index in [-0.39, 0.29) is 6.61 Å². The minimum atomic E-state index is -1.80. The van der Waals surface area contributed by atoms with Crippen molar-refractivity contribution in [3.63, 3.8) is 0 Å². The molecule has 0 saturated carbocycles. The zero-order chi connectivity index (χ0) is 20.0. The number of carbonyl (C=O) groups is 1. The van der Waals surface area contributed by atoms with E-state index in [1.54, 1.807) is 0 Å². The van der Waals surface area contributed by atoms with Gasteiger partial charge in [0.1, 0.15) is 31.0 Å². The molecule has 0 bridgehead atoms. The van der Waals surface area contributed by atoms with E-state index in [1.807, 2.05) is 30.3 Å². The molecule has 1 aromatic rings. The Morgan fingerprint density at radius 2 is 1.85 bits per heavy atom. The molecule has 2 rings (SSSR count). The van der Waals surface area contributed by atoms with Crippen LogP contribution in [0, 0.1) is 0 Å². The Labute approximate surface area is 170 Å². The molecule has 1 fully saturated rings. The van der Waals surface area contributed by atoms with Crippen molar-refractivity contribution in [2.45, 2.75) is 41.0 Å². The van der Waals surface area contributed by atoms with Gasteiger partial charge in [0.2, 0.25) is 3.79 Å². The molecule has 27 heavy (non-hydrogen) atoms. The number of alkyl carbamates (subject to hydrolysis) is 1. The highest BCUT2D eigenvalue weighted by Crippen LogP contribution is 2.26. The van der Waals surface area contributed by atoms with E-state index in [2.05, 4.69) is 5.32 Å². The number of halogens is 3. The van der Waals surface area contributed by atoms with E-state index in [9.17, 15) is 20.1 Å². The highest BCUT2D eigenvalue weighted by atomic mass is 35.6. The number of aliphatic hydroxyl groups excluding tert-OH is 3. The number of carbonyl (C=O) groups excluding carboxylic acids is 1. The van der Waals surface area contributed by atoms with Gasteiger partial charge in [0.05, 0.1) is 13.2 Å². The first-order chi connectivity index (χ1) is 12.7. The summed E-state index contributed by atoms with van der Waals surface area (Å²) in [5.41, 5.74) is 0.819. The van der Waals surface area contributed by atoms with Crippen LogP contribution < -0.4 is 5.32 Å². The van der Waals surface area contributed by atoms with Crippen molar-refractivity contribution in [1.29, 1.82) is 0 Å². The first kappa shape index (κ1) is 22.4. The molecule has 8 nitrogen and oxygen atoms in total. The first-order valence-electron chi connectivity index (χ1n) is 7.99. The number of amides is 1. The Morgan fingerprint density at radius 1 is 1.19 bits per heavy atom. The predicted octanol–water partition coefficient (Wildman–Crippen LogP) is 1.11. The molecule has 0 aliphatic carbocycles. The summed E-state index contributed by atoms with van der Waals surface area (Å²) in [4.78, 5) is 11.9. The van der Waals surface area contributed by atoms with Crippen molar-refractivity contribution in [3.05, 3.63) is 35.9 Å². The molecular formula is C16H20Cl3NO7. The van der Waals surface area contributed by atoms with Gasteiger partial charge in [-0.1, -0.05) is 65.1 Å². The first-order valence-corrected chi connectivity index (χ1v) is 9.12. The number of benzene rings is 1. The van der Waals surface area contributed by atoms with Gasteiger partial charge in [-0.2, -0.15) is 0 Å². The number of nitrogens with one attached hydrogen (secondary N) is 1. The van der Waals surface area contributed by atoms with Crippen LogP contribution in [0.1, 0.15) is 5.56 Å². The average Bonchev–Trinajstić information content (AvgIpc) is 2.63. The molecule has 1 aromatic carbocycles. The molecule has 4 N–H and O–H groups in total. The lowest BCUT2D eigenvalue weighted by Gasteiger charge is -2.42. The fourth-order valence-corrected chi connectivity index (χ4v) is 2.62. The summed E-state index contributed by atoms with van der Waals surface area (Å²) in [6, 6.07) is 7.92. The molecular weight excluding hydrogens is 425 g/mol. The van der Waals surface area contributed by atoms with Crippen molar-refractivity contribution < 1.29 is 34.3 Å². The van der Waals surface area contributed by atoms with Crippen LogP contribution in [-0.2, 0) is 20.8 Å². The SMILES string of the molecule is O=C(N[C@H]1[C@@H](OCc2ccccc2)O[C@H](CO)[C@@H](O)[C@@H]1O)OCC(Cl)(Cl)Cl.